The molecular formula is C9H16N2O2. The molecule has 0 bridgehead atoms. The van der Waals surface area contributed by atoms with Crippen LogP contribution in [-0.2, 0) is 4.79 Å². The largest absolute Gasteiger partial charge is 0.391 e. The Kier molecular flexibility index (Phi) is 1.85. The molecule has 2 unspecified atom stereocenters. The lowest BCUT2D eigenvalue weighted by atomic mass is 10.2. The van der Waals surface area contributed by atoms with Gasteiger partial charge in [0.05, 0.1) is 11.6 Å². The van der Waals surface area contributed by atoms with Gasteiger partial charge < -0.3 is 15.7 Å². The molecule has 2 fully saturated rings. The molecule has 0 radical (unpaired) electrons. The number of carbonyl (C=O) groups is 1. The summed E-state index contributed by atoms with van der Waals surface area (Å²) in [5.41, 5.74) is 5.22. The predicted molar refractivity (Wildman–Crippen MR) is 48.0 cm³/mol. The van der Waals surface area contributed by atoms with Gasteiger partial charge in [-0.05, 0) is 26.2 Å². The van der Waals surface area contributed by atoms with Gasteiger partial charge in [-0.25, -0.2) is 0 Å². The average molecular weight is 184 g/mol. The van der Waals surface area contributed by atoms with Crippen LogP contribution >= 0.6 is 0 Å². The first-order chi connectivity index (χ1) is 6.03. The van der Waals surface area contributed by atoms with Crippen molar-refractivity contribution < 1.29 is 9.90 Å². The molecule has 0 aromatic rings. The molecular weight excluding hydrogens is 168 g/mol. The van der Waals surface area contributed by atoms with E-state index in [1.165, 1.54) is 0 Å². The molecule has 13 heavy (non-hydrogen) atoms. The van der Waals surface area contributed by atoms with Crippen LogP contribution in [-0.4, -0.2) is 40.1 Å². The smallest absolute Gasteiger partial charge is 0.242 e. The van der Waals surface area contributed by atoms with Crippen molar-refractivity contribution in [1.29, 1.82) is 0 Å². The zero-order valence-electron chi connectivity index (χ0n) is 7.86. The van der Waals surface area contributed by atoms with E-state index in [4.69, 9.17) is 5.73 Å². The van der Waals surface area contributed by atoms with Gasteiger partial charge in [-0.2, -0.15) is 0 Å². The monoisotopic (exact) mass is 184 g/mol. The average Bonchev–Trinajstić information content (AvgIpc) is 2.71. The van der Waals surface area contributed by atoms with Crippen molar-refractivity contribution in [3.05, 3.63) is 0 Å². The summed E-state index contributed by atoms with van der Waals surface area (Å²) >= 11 is 0. The minimum Gasteiger partial charge on any atom is -0.391 e. The number of nitrogens with zero attached hydrogens (tertiary/aromatic N) is 1. The number of carbonyl (C=O) groups excluding carboxylic acids is 1. The maximum Gasteiger partial charge on any atom is 0.242 e. The molecule has 2 aliphatic rings. The number of hydrogen-bond acceptors (Lipinski definition) is 3. The van der Waals surface area contributed by atoms with Crippen molar-refractivity contribution >= 4 is 5.91 Å². The van der Waals surface area contributed by atoms with Gasteiger partial charge in [0.25, 0.3) is 0 Å². The van der Waals surface area contributed by atoms with Crippen molar-refractivity contribution in [2.45, 2.75) is 43.9 Å². The lowest BCUT2D eigenvalue weighted by Crippen LogP contribution is -2.47. The van der Waals surface area contributed by atoms with E-state index in [0.29, 0.717) is 13.0 Å². The molecule has 74 valence electrons. The van der Waals surface area contributed by atoms with Crippen LogP contribution < -0.4 is 5.73 Å². The lowest BCUT2D eigenvalue weighted by Gasteiger charge is -2.24. The van der Waals surface area contributed by atoms with E-state index in [0.717, 1.165) is 12.8 Å². The Morgan fingerprint density at radius 2 is 2.23 bits per heavy atom. The Balaban J connectivity index is 2.04. The van der Waals surface area contributed by atoms with E-state index in [9.17, 15) is 9.90 Å². The third kappa shape index (κ3) is 1.44. The number of aliphatic hydroxyl groups is 1. The quantitative estimate of drug-likeness (QED) is 0.575. The van der Waals surface area contributed by atoms with Crippen molar-refractivity contribution in [3.8, 4) is 0 Å². The summed E-state index contributed by atoms with van der Waals surface area (Å²) in [5.74, 6) is 0.0246. The number of hydrogen-bond donors (Lipinski definition) is 2. The molecule has 0 spiro atoms. The molecule has 1 aliphatic heterocycles. The summed E-state index contributed by atoms with van der Waals surface area (Å²) in [6.45, 7) is 2.42. The Labute approximate surface area is 77.7 Å². The van der Waals surface area contributed by atoms with Crippen LogP contribution in [0.25, 0.3) is 0 Å². The predicted octanol–water partition coefficient (Wildman–Crippen LogP) is -0.541. The SMILES string of the molecule is CC1CC(O)CN1C(=O)C1(N)CC1. The summed E-state index contributed by atoms with van der Waals surface area (Å²) < 4.78 is 0. The molecule has 4 nitrogen and oxygen atoms in total. The molecule has 3 N–H and O–H groups in total. The highest BCUT2D eigenvalue weighted by Gasteiger charge is 2.50. The van der Waals surface area contributed by atoms with Crippen molar-refractivity contribution in [3.63, 3.8) is 0 Å². The third-order valence-corrected chi connectivity index (χ3v) is 3.03. The van der Waals surface area contributed by atoms with Crippen LogP contribution in [0.15, 0.2) is 0 Å². The van der Waals surface area contributed by atoms with E-state index in [1.54, 1.807) is 4.90 Å². The van der Waals surface area contributed by atoms with Gasteiger partial charge in [0.1, 0.15) is 0 Å². The van der Waals surface area contributed by atoms with Gasteiger partial charge in [-0.15, -0.1) is 0 Å². The van der Waals surface area contributed by atoms with Crippen LogP contribution in [0.1, 0.15) is 26.2 Å². The van der Waals surface area contributed by atoms with Gasteiger partial charge in [0.15, 0.2) is 0 Å². The summed E-state index contributed by atoms with van der Waals surface area (Å²) in [6, 6.07) is 0.142. The van der Waals surface area contributed by atoms with Crippen molar-refractivity contribution in [2.75, 3.05) is 6.54 Å². The molecule has 2 atom stereocenters. The standard InChI is InChI=1S/C9H16N2O2/c1-6-4-7(12)5-11(6)8(13)9(10)2-3-9/h6-7,12H,2-5,10H2,1H3. The summed E-state index contributed by atoms with van der Waals surface area (Å²) in [5, 5.41) is 9.37. The molecule has 1 amide bonds. The molecule has 1 saturated carbocycles. The fraction of sp³-hybridized carbons (Fsp3) is 0.889. The Bertz CT molecular complexity index is 238. The summed E-state index contributed by atoms with van der Waals surface area (Å²) in [4.78, 5) is 13.5. The first kappa shape index (κ1) is 8.97. The Hall–Kier alpha value is -0.610. The molecule has 1 saturated heterocycles. The fourth-order valence-electron chi connectivity index (χ4n) is 1.92. The Morgan fingerprint density at radius 3 is 2.62 bits per heavy atom. The summed E-state index contributed by atoms with van der Waals surface area (Å²) in [6.07, 6.45) is 1.92. The number of nitrogens with two attached hydrogens (primary N) is 1. The molecule has 0 aromatic heterocycles. The first-order valence-corrected chi connectivity index (χ1v) is 4.81. The van der Waals surface area contributed by atoms with Gasteiger partial charge in [-0.1, -0.05) is 0 Å². The number of β-amino-alcohol motifs (C(OH)–C–C–N with tert-alkyl or cyclic N) is 1. The van der Waals surface area contributed by atoms with Gasteiger partial charge in [0.2, 0.25) is 5.91 Å². The number of aliphatic hydroxyl groups excluding tert-OH is 1. The van der Waals surface area contributed by atoms with Crippen molar-refractivity contribution in [2.24, 2.45) is 5.73 Å². The second kappa shape index (κ2) is 2.69. The highest BCUT2D eigenvalue weighted by Crippen LogP contribution is 2.36. The molecule has 0 aromatic carbocycles. The maximum absolute atomic E-state index is 11.8. The van der Waals surface area contributed by atoms with Gasteiger partial charge in [0, 0.05) is 12.6 Å². The van der Waals surface area contributed by atoms with Gasteiger partial charge in [-0.3, -0.25) is 4.79 Å². The van der Waals surface area contributed by atoms with Crippen LogP contribution in [0.2, 0.25) is 0 Å². The topological polar surface area (TPSA) is 66.6 Å². The fourth-order valence-corrected chi connectivity index (χ4v) is 1.92. The highest BCUT2D eigenvalue weighted by molar-refractivity contribution is 5.89. The number of likely N-dealkylation sites (tertiary alicyclic amines) is 1. The zero-order valence-corrected chi connectivity index (χ0v) is 7.86. The van der Waals surface area contributed by atoms with Crippen LogP contribution in [0.3, 0.4) is 0 Å². The molecule has 2 rings (SSSR count). The van der Waals surface area contributed by atoms with E-state index in [-0.39, 0.29) is 18.1 Å². The first-order valence-electron chi connectivity index (χ1n) is 4.81. The van der Waals surface area contributed by atoms with Crippen LogP contribution in [0, 0.1) is 0 Å². The second-order valence-electron chi connectivity index (χ2n) is 4.35. The minimum atomic E-state index is -0.585. The van der Waals surface area contributed by atoms with Crippen LogP contribution in [0.5, 0.6) is 0 Å². The lowest BCUT2D eigenvalue weighted by molar-refractivity contribution is -0.134. The normalized spacial score (nSPS) is 36.4. The van der Waals surface area contributed by atoms with E-state index in [1.807, 2.05) is 6.92 Å². The van der Waals surface area contributed by atoms with E-state index in [2.05, 4.69) is 0 Å². The van der Waals surface area contributed by atoms with Crippen LogP contribution in [0.4, 0.5) is 0 Å². The number of rotatable bonds is 1. The Morgan fingerprint density at radius 1 is 1.62 bits per heavy atom. The van der Waals surface area contributed by atoms with E-state index < -0.39 is 5.54 Å². The highest BCUT2D eigenvalue weighted by atomic mass is 16.3. The van der Waals surface area contributed by atoms with Gasteiger partial charge >= 0.3 is 0 Å². The second-order valence-corrected chi connectivity index (χ2v) is 4.35. The molecule has 1 heterocycles. The molecule has 4 heteroatoms. The maximum atomic E-state index is 11.8. The van der Waals surface area contributed by atoms with Crippen molar-refractivity contribution in [1.82, 2.24) is 4.90 Å². The minimum absolute atomic E-state index is 0.0246. The molecule has 1 aliphatic carbocycles. The summed E-state index contributed by atoms with van der Waals surface area (Å²) in [7, 11) is 0. The zero-order chi connectivity index (χ0) is 9.64. The van der Waals surface area contributed by atoms with E-state index >= 15 is 0 Å². The number of amides is 1. The third-order valence-electron chi connectivity index (χ3n) is 3.03.